The first-order valence-electron chi connectivity index (χ1n) is 8.83. The average Bonchev–Trinajstić information content (AvgIpc) is 2.68. The highest BCUT2D eigenvalue weighted by Crippen LogP contribution is 2.31. The van der Waals surface area contributed by atoms with E-state index in [4.69, 9.17) is 10.3 Å². The summed E-state index contributed by atoms with van der Waals surface area (Å²) in [6.45, 7) is 2.27. The van der Waals surface area contributed by atoms with E-state index in [1.54, 1.807) is 6.92 Å². The van der Waals surface area contributed by atoms with Gasteiger partial charge in [0.1, 0.15) is 0 Å². The maximum atomic E-state index is 9.79. The number of halogens is 1. The summed E-state index contributed by atoms with van der Waals surface area (Å²) >= 11 is 0. The standard InChI is InChI=1S/C19H17N.C3H8O3S.FH.H2S/c20-14-15-10-12-17(13-11-15)19-9-5-4-8-18(19)16-6-2-1-3-7-16;1-2-3-7(4,5)6;;/h1-13H,14,20H2;2-3H2,1H3,(H,4,5,6);1H;1H2. The fourth-order valence-electron chi connectivity index (χ4n) is 2.68. The van der Waals surface area contributed by atoms with Crippen LogP contribution in [-0.4, -0.2) is 18.7 Å². The van der Waals surface area contributed by atoms with Crippen LogP contribution in [0.4, 0.5) is 4.70 Å². The summed E-state index contributed by atoms with van der Waals surface area (Å²) in [6, 6.07) is 27.5. The van der Waals surface area contributed by atoms with Crippen LogP contribution in [0, 0.1) is 0 Å². The molecule has 0 spiro atoms. The van der Waals surface area contributed by atoms with Crippen LogP contribution in [-0.2, 0) is 16.7 Å². The van der Waals surface area contributed by atoms with Crippen molar-refractivity contribution in [1.29, 1.82) is 0 Å². The molecule has 0 unspecified atom stereocenters. The van der Waals surface area contributed by atoms with E-state index >= 15 is 0 Å². The molecule has 3 rings (SSSR count). The Morgan fingerprint density at radius 2 is 1.24 bits per heavy atom. The van der Waals surface area contributed by atoms with Crippen molar-refractivity contribution in [3.05, 3.63) is 84.4 Å². The number of benzene rings is 3. The van der Waals surface area contributed by atoms with Crippen LogP contribution in [0.2, 0.25) is 0 Å². The van der Waals surface area contributed by atoms with Crippen molar-refractivity contribution in [2.45, 2.75) is 19.9 Å². The molecule has 0 aliphatic carbocycles. The maximum Gasteiger partial charge on any atom is 0.264 e. The molecule has 3 N–H and O–H groups in total. The Labute approximate surface area is 179 Å². The number of hydrogen-bond donors (Lipinski definition) is 2. The Balaban J connectivity index is 0.000000761. The molecular formula is C22H28FNO3S2. The van der Waals surface area contributed by atoms with Gasteiger partial charge in [-0.25, -0.2) is 0 Å². The van der Waals surface area contributed by atoms with Gasteiger partial charge in [-0.2, -0.15) is 21.9 Å². The Kier molecular flexibility index (Phi) is 12.1. The van der Waals surface area contributed by atoms with Crippen LogP contribution < -0.4 is 5.73 Å². The summed E-state index contributed by atoms with van der Waals surface area (Å²) in [5.74, 6) is -0.132. The Morgan fingerprint density at radius 3 is 1.62 bits per heavy atom. The van der Waals surface area contributed by atoms with Crippen LogP contribution >= 0.6 is 13.5 Å². The molecule has 0 fully saturated rings. The molecule has 3 aromatic rings. The average molecular weight is 438 g/mol. The molecule has 4 nitrogen and oxygen atoms in total. The lowest BCUT2D eigenvalue weighted by molar-refractivity contribution is 0.482. The summed E-state index contributed by atoms with van der Waals surface area (Å²) in [7, 11) is -3.67. The second-order valence-corrected chi connectivity index (χ2v) is 7.67. The summed E-state index contributed by atoms with van der Waals surface area (Å²) in [5.41, 5.74) is 11.8. The fourth-order valence-corrected chi connectivity index (χ4v) is 3.20. The predicted molar refractivity (Wildman–Crippen MR) is 125 cm³/mol. The van der Waals surface area contributed by atoms with Crippen LogP contribution in [0.15, 0.2) is 78.9 Å². The van der Waals surface area contributed by atoms with Crippen molar-refractivity contribution in [2.75, 3.05) is 5.75 Å². The molecule has 0 aliphatic rings. The minimum atomic E-state index is -3.67. The van der Waals surface area contributed by atoms with Crippen molar-refractivity contribution >= 4 is 23.6 Å². The topological polar surface area (TPSA) is 80.4 Å². The first-order chi connectivity index (χ1) is 12.9. The van der Waals surface area contributed by atoms with E-state index in [0.29, 0.717) is 13.0 Å². The molecule has 0 aromatic heterocycles. The molecule has 0 saturated heterocycles. The highest BCUT2D eigenvalue weighted by molar-refractivity contribution is 7.85. The lowest BCUT2D eigenvalue weighted by Gasteiger charge is -2.10. The van der Waals surface area contributed by atoms with Crippen molar-refractivity contribution in [1.82, 2.24) is 0 Å². The summed E-state index contributed by atoms with van der Waals surface area (Å²) in [4.78, 5) is 0. The third-order valence-electron chi connectivity index (χ3n) is 3.97. The molecule has 0 radical (unpaired) electrons. The third-order valence-corrected chi connectivity index (χ3v) is 4.90. The van der Waals surface area contributed by atoms with Gasteiger partial charge in [0.2, 0.25) is 0 Å². The van der Waals surface area contributed by atoms with E-state index in [0.717, 1.165) is 5.56 Å². The normalized spacial score (nSPS) is 10.0. The predicted octanol–water partition coefficient (Wildman–Crippen LogP) is 5.03. The van der Waals surface area contributed by atoms with Gasteiger partial charge in [0.05, 0.1) is 5.75 Å². The van der Waals surface area contributed by atoms with E-state index in [1.807, 2.05) is 6.07 Å². The monoisotopic (exact) mass is 437 g/mol. The minimum absolute atomic E-state index is 0. The van der Waals surface area contributed by atoms with Crippen molar-refractivity contribution in [2.24, 2.45) is 5.73 Å². The van der Waals surface area contributed by atoms with Gasteiger partial charge in [0.15, 0.2) is 0 Å². The molecule has 7 heteroatoms. The minimum Gasteiger partial charge on any atom is -0.326 e. The molecule has 158 valence electrons. The van der Waals surface area contributed by atoms with Gasteiger partial charge in [0.25, 0.3) is 10.1 Å². The summed E-state index contributed by atoms with van der Waals surface area (Å²) in [6.07, 6.45) is 0.471. The van der Waals surface area contributed by atoms with Gasteiger partial charge in [0, 0.05) is 6.54 Å². The van der Waals surface area contributed by atoms with Crippen molar-refractivity contribution in [3.8, 4) is 22.3 Å². The highest BCUT2D eigenvalue weighted by Gasteiger charge is 2.06. The zero-order valence-corrected chi connectivity index (χ0v) is 18.1. The van der Waals surface area contributed by atoms with Gasteiger partial charge in [-0.3, -0.25) is 9.26 Å². The molecule has 0 aliphatic heterocycles. The molecule has 29 heavy (non-hydrogen) atoms. The SMILES string of the molecule is CCCS(=O)(=O)O.F.NCc1ccc(-c2ccccc2-c2ccccc2)cc1.S. The Hall–Kier alpha value is -2.19. The molecule has 0 amide bonds. The number of hydrogen-bond acceptors (Lipinski definition) is 3. The second-order valence-electron chi connectivity index (χ2n) is 6.10. The van der Waals surface area contributed by atoms with Gasteiger partial charge in [-0.1, -0.05) is 85.8 Å². The zero-order valence-electron chi connectivity index (χ0n) is 16.3. The first kappa shape index (κ1) is 26.8. The molecule has 3 aromatic carbocycles. The zero-order chi connectivity index (χ0) is 19.7. The second kappa shape index (κ2) is 13.1. The van der Waals surface area contributed by atoms with Gasteiger partial charge in [-0.15, -0.1) is 0 Å². The molecule has 0 atom stereocenters. The van der Waals surface area contributed by atoms with E-state index in [9.17, 15) is 8.42 Å². The van der Waals surface area contributed by atoms with Crippen LogP contribution in [0.25, 0.3) is 22.3 Å². The Bertz CT molecular complexity index is 947. The van der Waals surface area contributed by atoms with E-state index in [1.165, 1.54) is 22.3 Å². The van der Waals surface area contributed by atoms with Gasteiger partial charge < -0.3 is 5.73 Å². The lowest BCUT2D eigenvalue weighted by Crippen LogP contribution is -2.01. The van der Waals surface area contributed by atoms with Gasteiger partial charge in [-0.05, 0) is 34.2 Å². The first-order valence-corrected chi connectivity index (χ1v) is 10.4. The maximum absolute atomic E-state index is 9.79. The van der Waals surface area contributed by atoms with Crippen LogP contribution in [0.3, 0.4) is 0 Å². The lowest BCUT2D eigenvalue weighted by atomic mass is 9.94. The summed E-state index contributed by atoms with van der Waals surface area (Å²) < 4.78 is 27.6. The highest BCUT2D eigenvalue weighted by atomic mass is 32.2. The van der Waals surface area contributed by atoms with E-state index in [2.05, 4.69) is 72.8 Å². The van der Waals surface area contributed by atoms with Crippen LogP contribution in [0.5, 0.6) is 0 Å². The molecule has 0 heterocycles. The summed E-state index contributed by atoms with van der Waals surface area (Å²) in [5, 5.41) is 0. The van der Waals surface area contributed by atoms with Crippen molar-refractivity contribution < 1.29 is 17.7 Å². The largest absolute Gasteiger partial charge is 0.326 e. The smallest absolute Gasteiger partial charge is 0.264 e. The number of rotatable bonds is 5. The Morgan fingerprint density at radius 1 is 0.793 bits per heavy atom. The van der Waals surface area contributed by atoms with E-state index in [-0.39, 0.29) is 24.0 Å². The quantitative estimate of drug-likeness (QED) is 0.549. The third kappa shape index (κ3) is 8.79. The van der Waals surface area contributed by atoms with Gasteiger partial charge >= 0.3 is 0 Å². The molecule has 0 saturated carbocycles. The fraction of sp³-hybridized carbons (Fsp3) is 0.182. The van der Waals surface area contributed by atoms with Crippen LogP contribution in [0.1, 0.15) is 18.9 Å². The number of nitrogens with two attached hydrogens (primary N) is 1. The van der Waals surface area contributed by atoms with E-state index < -0.39 is 10.1 Å². The molecule has 0 bridgehead atoms. The molecular weight excluding hydrogens is 409 g/mol. The van der Waals surface area contributed by atoms with Crippen molar-refractivity contribution in [3.63, 3.8) is 0 Å².